The summed E-state index contributed by atoms with van der Waals surface area (Å²) in [5, 5.41) is 3.17. The van der Waals surface area contributed by atoms with Gasteiger partial charge in [-0.25, -0.2) is 4.98 Å². The molecule has 0 saturated heterocycles. The van der Waals surface area contributed by atoms with Crippen LogP contribution < -0.4 is 10.1 Å². The van der Waals surface area contributed by atoms with E-state index in [1.54, 1.807) is 7.11 Å². The quantitative estimate of drug-likeness (QED) is 0.712. The van der Waals surface area contributed by atoms with Crippen LogP contribution in [0.3, 0.4) is 0 Å². The minimum Gasteiger partial charge on any atom is -0.497 e. The topological polar surface area (TPSA) is 49.9 Å². The molecule has 0 radical (unpaired) electrons. The summed E-state index contributed by atoms with van der Waals surface area (Å²) in [7, 11) is 1.63. The summed E-state index contributed by atoms with van der Waals surface area (Å²) in [4.78, 5) is 7.64. The van der Waals surface area contributed by atoms with Crippen LogP contribution in [0.2, 0.25) is 8.67 Å². The Kier molecular flexibility index (Phi) is 3.50. The molecule has 20 heavy (non-hydrogen) atoms. The lowest BCUT2D eigenvalue weighted by atomic mass is 10.3. The smallest absolute Gasteiger partial charge is 0.205 e. The second-order valence-corrected chi connectivity index (χ2v) is 6.47. The fourth-order valence-corrected chi connectivity index (χ4v) is 3.47. The first-order chi connectivity index (χ1) is 9.58. The molecule has 2 N–H and O–H groups in total. The lowest BCUT2D eigenvalue weighted by Gasteiger charge is -2.02. The summed E-state index contributed by atoms with van der Waals surface area (Å²) in [6, 6.07) is 5.65. The first-order valence-corrected chi connectivity index (χ1v) is 7.41. The highest BCUT2D eigenvalue weighted by atomic mass is 35.5. The number of fused-ring (bicyclic) bond motifs is 1. The van der Waals surface area contributed by atoms with Crippen LogP contribution in [-0.4, -0.2) is 17.1 Å². The number of hydrogen-bond acceptors (Lipinski definition) is 4. The molecule has 0 aliphatic rings. The highest BCUT2D eigenvalue weighted by molar-refractivity contribution is 7.20. The van der Waals surface area contributed by atoms with Gasteiger partial charge < -0.3 is 15.0 Å². The van der Waals surface area contributed by atoms with Gasteiger partial charge in [0.25, 0.3) is 0 Å². The average Bonchev–Trinajstić information content (AvgIpc) is 2.94. The van der Waals surface area contributed by atoms with E-state index in [9.17, 15) is 0 Å². The zero-order chi connectivity index (χ0) is 14.3. The zero-order valence-corrected chi connectivity index (χ0v) is 13.1. The molecule has 4 nitrogen and oxygen atoms in total. The fourth-order valence-electron chi connectivity index (χ4n) is 1.89. The molecule has 0 aliphatic carbocycles. The predicted molar refractivity (Wildman–Crippen MR) is 85.0 cm³/mol. The van der Waals surface area contributed by atoms with Crippen molar-refractivity contribution in [3.05, 3.63) is 32.4 Å². The van der Waals surface area contributed by atoms with Crippen LogP contribution >= 0.6 is 34.5 Å². The number of nitrogens with zero attached hydrogens (tertiary/aromatic N) is 1. The molecule has 1 aromatic carbocycles. The molecular weight excluding hydrogens is 317 g/mol. The number of aromatic amines is 1. The first kappa shape index (κ1) is 13.5. The highest BCUT2D eigenvalue weighted by Crippen LogP contribution is 2.41. The molecule has 3 aromatic rings. The molecule has 7 heteroatoms. The number of ether oxygens (including phenoxy) is 1. The van der Waals surface area contributed by atoms with Crippen LogP contribution in [-0.2, 0) is 0 Å². The van der Waals surface area contributed by atoms with Crippen LogP contribution in [0.25, 0.3) is 11.0 Å². The summed E-state index contributed by atoms with van der Waals surface area (Å²) in [6.07, 6.45) is 0. The second kappa shape index (κ2) is 5.16. The number of H-pyrrole nitrogens is 1. The van der Waals surface area contributed by atoms with E-state index in [1.807, 2.05) is 25.1 Å². The number of nitrogens with one attached hydrogen (secondary N) is 2. The molecule has 0 spiro atoms. The number of benzene rings is 1. The predicted octanol–water partition coefficient (Wildman–Crippen LogP) is 4.99. The van der Waals surface area contributed by atoms with Crippen LogP contribution in [0, 0.1) is 6.92 Å². The number of halogens is 2. The van der Waals surface area contributed by atoms with Crippen molar-refractivity contribution in [3.8, 4) is 5.75 Å². The highest BCUT2D eigenvalue weighted by Gasteiger charge is 2.14. The van der Waals surface area contributed by atoms with Gasteiger partial charge in [-0.3, -0.25) is 0 Å². The molecule has 0 saturated carbocycles. The molecule has 0 aliphatic heterocycles. The van der Waals surface area contributed by atoms with Crippen molar-refractivity contribution in [2.45, 2.75) is 6.92 Å². The number of thiophene rings is 1. The molecule has 0 amide bonds. The maximum atomic E-state index is 6.16. The third-order valence-electron chi connectivity index (χ3n) is 2.98. The fraction of sp³-hybridized carbons (Fsp3) is 0.154. The summed E-state index contributed by atoms with van der Waals surface area (Å²) >= 11 is 13.6. The molecule has 0 unspecified atom stereocenters. The first-order valence-electron chi connectivity index (χ1n) is 5.83. The SMILES string of the molecule is COc1ccc2nc(Nc3c(Cl)sc(Cl)c3C)[nH]c2c1. The van der Waals surface area contributed by atoms with Crippen molar-refractivity contribution in [1.29, 1.82) is 0 Å². The van der Waals surface area contributed by atoms with Gasteiger partial charge in [0.2, 0.25) is 5.95 Å². The molecule has 0 bridgehead atoms. The second-order valence-electron chi connectivity index (χ2n) is 4.24. The lowest BCUT2D eigenvalue weighted by molar-refractivity contribution is 0.415. The summed E-state index contributed by atoms with van der Waals surface area (Å²) in [5.41, 5.74) is 3.44. The molecular formula is C13H11Cl2N3OS. The van der Waals surface area contributed by atoms with Gasteiger partial charge in [-0.05, 0) is 19.1 Å². The molecule has 0 fully saturated rings. The van der Waals surface area contributed by atoms with Crippen molar-refractivity contribution in [3.63, 3.8) is 0 Å². The Balaban J connectivity index is 1.98. The van der Waals surface area contributed by atoms with Crippen molar-refractivity contribution < 1.29 is 4.74 Å². The van der Waals surface area contributed by atoms with Crippen LogP contribution in [0.4, 0.5) is 11.6 Å². The van der Waals surface area contributed by atoms with Crippen molar-refractivity contribution in [2.75, 3.05) is 12.4 Å². The van der Waals surface area contributed by atoms with E-state index in [-0.39, 0.29) is 0 Å². The van der Waals surface area contributed by atoms with Gasteiger partial charge in [0.05, 0.1) is 28.2 Å². The number of hydrogen-bond donors (Lipinski definition) is 2. The van der Waals surface area contributed by atoms with Gasteiger partial charge in [-0.1, -0.05) is 23.2 Å². The van der Waals surface area contributed by atoms with Gasteiger partial charge in [0, 0.05) is 11.6 Å². The van der Waals surface area contributed by atoms with Gasteiger partial charge >= 0.3 is 0 Å². The van der Waals surface area contributed by atoms with E-state index >= 15 is 0 Å². The normalized spacial score (nSPS) is 11.0. The van der Waals surface area contributed by atoms with Crippen molar-refractivity contribution in [1.82, 2.24) is 9.97 Å². The van der Waals surface area contributed by atoms with E-state index < -0.39 is 0 Å². The number of imidazole rings is 1. The largest absolute Gasteiger partial charge is 0.497 e. The van der Waals surface area contributed by atoms with E-state index in [0.29, 0.717) is 14.6 Å². The summed E-state index contributed by atoms with van der Waals surface area (Å²) in [6.45, 7) is 1.92. The molecule has 2 heterocycles. The molecule has 2 aromatic heterocycles. The summed E-state index contributed by atoms with van der Waals surface area (Å²) in [5.74, 6) is 1.40. The van der Waals surface area contributed by atoms with Gasteiger partial charge in [-0.2, -0.15) is 0 Å². The van der Waals surface area contributed by atoms with Crippen molar-refractivity contribution >= 4 is 57.2 Å². The van der Waals surface area contributed by atoms with Gasteiger partial charge in [-0.15, -0.1) is 11.3 Å². The van der Waals surface area contributed by atoms with Crippen molar-refractivity contribution in [2.24, 2.45) is 0 Å². The average molecular weight is 328 g/mol. The zero-order valence-electron chi connectivity index (χ0n) is 10.8. The number of rotatable bonds is 3. The Labute approximate surface area is 129 Å². The van der Waals surface area contributed by atoms with Crippen LogP contribution in [0.1, 0.15) is 5.56 Å². The maximum absolute atomic E-state index is 6.16. The Bertz CT molecular complexity index is 781. The molecule has 3 rings (SSSR count). The number of anilines is 2. The van der Waals surface area contributed by atoms with Gasteiger partial charge in [0.15, 0.2) is 0 Å². The Hall–Kier alpha value is -1.43. The van der Waals surface area contributed by atoms with E-state index in [1.165, 1.54) is 11.3 Å². The molecule has 104 valence electrons. The Morgan fingerprint density at radius 1 is 1.30 bits per heavy atom. The van der Waals surface area contributed by atoms with E-state index in [2.05, 4.69) is 15.3 Å². The standard InChI is InChI=1S/C13H11Cl2N3OS/c1-6-10(12(15)20-11(6)14)18-13-16-8-4-3-7(19-2)5-9(8)17-13/h3-5H,1-2H3,(H2,16,17,18). The summed E-state index contributed by atoms with van der Waals surface area (Å²) < 4.78 is 6.48. The lowest BCUT2D eigenvalue weighted by Crippen LogP contribution is -1.92. The third kappa shape index (κ3) is 2.32. The van der Waals surface area contributed by atoms with Crippen LogP contribution in [0.15, 0.2) is 18.2 Å². The number of methoxy groups -OCH3 is 1. The monoisotopic (exact) mass is 327 g/mol. The van der Waals surface area contributed by atoms with E-state index in [4.69, 9.17) is 27.9 Å². The van der Waals surface area contributed by atoms with Crippen LogP contribution in [0.5, 0.6) is 5.75 Å². The number of aromatic nitrogens is 2. The Morgan fingerprint density at radius 3 is 2.75 bits per heavy atom. The van der Waals surface area contributed by atoms with Gasteiger partial charge in [0.1, 0.15) is 10.1 Å². The minimum absolute atomic E-state index is 0.616. The maximum Gasteiger partial charge on any atom is 0.205 e. The molecule has 0 atom stereocenters. The Morgan fingerprint density at radius 2 is 2.10 bits per heavy atom. The third-order valence-corrected chi connectivity index (χ3v) is 4.78. The minimum atomic E-state index is 0.616. The van der Waals surface area contributed by atoms with E-state index in [0.717, 1.165) is 28.0 Å².